The number of nitrogens with one attached hydrogen (secondary N) is 1. The van der Waals surface area contributed by atoms with Crippen molar-refractivity contribution in [3.05, 3.63) is 81.6 Å². The quantitative estimate of drug-likeness (QED) is 0.699. The highest BCUT2D eigenvalue weighted by Gasteiger charge is 2.26. The Bertz CT molecular complexity index is 1010. The molecular weight excluding hydrogens is 358 g/mol. The molecule has 0 spiro atoms. The van der Waals surface area contributed by atoms with Gasteiger partial charge in [-0.3, -0.25) is 4.79 Å². The molecule has 0 radical (unpaired) electrons. The first-order valence-corrected chi connectivity index (χ1v) is 9.62. The van der Waals surface area contributed by atoms with Crippen LogP contribution in [0.5, 0.6) is 0 Å². The number of benzene rings is 2. The topological polar surface area (TPSA) is 46.9 Å². The Morgan fingerprint density at radius 3 is 2.78 bits per heavy atom. The van der Waals surface area contributed by atoms with E-state index < -0.39 is 0 Å². The van der Waals surface area contributed by atoms with Gasteiger partial charge in [0.15, 0.2) is 0 Å². The highest BCUT2D eigenvalue weighted by atomic mass is 35.5. The van der Waals surface area contributed by atoms with Crippen molar-refractivity contribution in [2.75, 3.05) is 0 Å². The lowest BCUT2D eigenvalue weighted by Gasteiger charge is -2.24. The van der Waals surface area contributed by atoms with E-state index in [1.54, 1.807) is 12.1 Å². The predicted molar refractivity (Wildman–Crippen MR) is 108 cm³/mol. The Kier molecular flexibility index (Phi) is 4.75. The maximum absolute atomic E-state index is 12.7. The zero-order valence-corrected chi connectivity index (χ0v) is 16.3. The van der Waals surface area contributed by atoms with Crippen LogP contribution in [0.15, 0.2) is 48.7 Å². The van der Waals surface area contributed by atoms with Crippen molar-refractivity contribution in [3.8, 4) is 5.69 Å². The first kappa shape index (κ1) is 17.8. The number of hydrogen-bond acceptors (Lipinski definition) is 2. The van der Waals surface area contributed by atoms with Crippen LogP contribution in [0, 0.1) is 13.8 Å². The SMILES string of the molecule is Cc1ccc(-n2ncc3c2CCC[C@H]3NC(=O)c2ccccc2Cl)cc1C. The van der Waals surface area contributed by atoms with Crippen molar-refractivity contribution in [1.29, 1.82) is 0 Å². The molecule has 1 heterocycles. The van der Waals surface area contributed by atoms with E-state index in [9.17, 15) is 4.79 Å². The third-order valence-corrected chi connectivity index (χ3v) is 5.67. The summed E-state index contributed by atoms with van der Waals surface area (Å²) < 4.78 is 2.01. The highest BCUT2D eigenvalue weighted by Crippen LogP contribution is 2.32. The standard InChI is InChI=1S/C22H22ClN3O/c1-14-10-11-16(12-15(14)2)26-21-9-5-8-20(18(21)13-24-26)25-22(27)17-6-3-4-7-19(17)23/h3-4,6-7,10-13,20H,5,8-9H2,1-2H3,(H,25,27)/t20-/m1/s1. The van der Waals surface area contributed by atoms with Crippen LogP contribution >= 0.6 is 11.6 Å². The van der Waals surface area contributed by atoms with E-state index in [0.29, 0.717) is 10.6 Å². The minimum Gasteiger partial charge on any atom is -0.345 e. The first-order chi connectivity index (χ1) is 13.0. The Morgan fingerprint density at radius 2 is 2.00 bits per heavy atom. The summed E-state index contributed by atoms with van der Waals surface area (Å²) in [4.78, 5) is 12.7. The zero-order valence-electron chi connectivity index (χ0n) is 15.5. The summed E-state index contributed by atoms with van der Waals surface area (Å²) in [6, 6.07) is 13.5. The molecule has 1 amide bonds. The Morgan fingerprint density at radius 1 is 1.19 bits per heavy atom. The molecule has 4 nitrogen and oxygen atoms in total. The molecule has 5 heteroatoms. The second kappa shape index (κ2) is 7.20. The molecule has 2 aromatic carbocycles. The van der Waals surface area contributed by atoms with E-state index in [-0.39, 0.29) is 11.9 Å². The second-order valence-electron chi connectivity index (χ2n) is 7.13. The number of amides is 1. The molecule has 1 aromatic heterocycles. The molecule has 0 bridgehead atoms. The van der Waals surface area contributed by atoms with Crippen LogP contribution in [0.25, 0.3) is 5.69 Å². The van der Waals surface area contributed by atoms with Gasteiger partial charge in [-0.15, -0.1) is 0 Å². The lowest BCUT2D eigenvalue weighted by atomic mass is 9.92. The van der Waals surface area contributed by atoms with E-state index in [1.807, 2.05) is 23.0 Å². The number of fused-ring (bicyclic) bond motifs is 1. The normalized spacial score (nSPS) is 16.0. The molecule has 0 saturated carbocycles. The molecule has 0 fully saturated rings. The molecule has 4 rings (SSSR count). The summed E-state index contributed by atoms with van der Waals surface area (Å²) in [6.07, 6.45) is 4.76. The van der Waals surface area contributed by atoms with Crippen LogP contribution in [0.4, 0.5) is 0 Å². The predicted octanol–water partition coefficient (Wildman–Crippen LogP) is 4.95. The second-order valence-corrected chi connectivity index (χ2v) is 7.53. The Balaban J connectivity index is 1.63. The number of aromatic nitrogens is 2. The number of hydrogen-bond donors (Lipinski definition) is 1. The van der Waals surface area contributed by atoms with Crippen LogP contribution < -0.4 is 5.32 Å². The molecule has 0 saturated heterocycles. The van der Waals surface area contributed by atoms with Gasteiger partial charge in [-0.2, -0.15) is 5.10 Å². The van der Waals surface area contributed by atoms with Gasteiger partial charge in [-0.25, -0.2) is 4.68 Å². The molecule has 1 atom stereocenters. The molecular formula is C22H22ClN3O. The maximum atomic E-state index is 12.7. The van der Waals surface area contributed by atoms with E-state index in [0.717, 1.165) is 30.5 Å². The van der Waals surface area contributed by atoms with E-state index in [2.05, 4.69) is 42.5 Å². The molecule has 1 N–H and O–H groups in total. The van der Waals surface area contributed by atoms with E-state index in [1.165, 1.54) is 16.8 Å². The smallest absolute Gasteiger partial charge is 0.253 e. The average Bonchev–Trinajstić information content (AvgIpc) is 3.09. The zero-order chi connectivity index (χ0) is 19.0. The molecule has 27 heavy (non-hydrogen) atoms. The summed E-state index contributed by atoms with van der Waals surface area (Å²) in [7, 11) is 0. The van der Waals surface area contributed by atoms with Crippen molar-refractivity contribution >= 4 is 17.5 Å². The van der Waals surface area contributed by atoms with Crippen LogP contribution in [-0.2, 0) is 6.42 Å². The van der Waals surface area contributed by atoms with Gasteiger partial charge in [0.05, 0.1) is 28.5 Å². The molecule has 138 valence electrons. The van der Waals surface area contributed by atoms with E-state index >= 15 is 0 Å². The minimum absolute atomic E-state index is 0.0437. The Hall–Kier alpha value is -2.59. The fourth-order valence-corrected chi connectivity index (χ4v) is 3.89. The fourth-order valence-electron chi connectivity index (χ4n) is 3.67. The van der Waals surface area contributed by atoms with Crippen molar-refractivity contribution in [2.24, 2.45) is 0 Å². The first-order valence-electron chi connectivity index (χ1n) is 9.24. The van der Waals surface area contributed by atoms with Gasteiger partial charge >= 0.3 is 0 Å². The van der Waals surface area contributed by atoms with Crippen LogP contribution in [0.3, 0.4) is 0 Å². The molecule has 1 aliphatic carbocycles. The summed E-state index contributed by atoms with van der Waals surface area (Å²) in [5.74, 6) is -0.141. The Labute approximate surface area is 164 Å². The van der Waals surface area contributed by atoms with Crippen molar-refractivity contribution in [1.82, 2.24) is 15.1 Å². The summed E-state index contributed by atoms with van der Waals surface area (Å²) in [5, 5.41) is 8.24. The largest absolute Gasteiger partial charge is 0.345 e. The maximum Gasteiger partial charge on any atom is 0.253 e. The number of halogens is 1. The number of carbonyl (C=O) groups is 1. The lowest BCUT2D eigenvalue weighted by Crippen LogP contribution is -2.31. The average molecular weight is 380 g/mol. The van der Waals surface area contributed by atoms with Crippen LogP contribution in [-0.4, -0.2) is 15.7 Å². The number of carbonyl (C=O) groups excluding carboxylic acids is 1. The van der Waals surface area contributed by atoms with Gasteiger partial charge in [0.2, 0.25) is 0 Å². The van der Waals surface area contributed by atoms with Crippen molar-refractivity contribution in [3.63, 3.8) is 0 Å². The van der Waals surface area contributed by atoms with Gasteiger partial charge in [0.1, 0.15) is 0 Å². The van der Waals surface area contributed by atoms with Crippen LogP contribution in [0.1, 0.15) is 51.6 Å². The third-order valence-electron chi connectivity index (χ3n) is 5.34. The highest BCUT2D eigenvalue weighted by molar-refractivity contribution is 6.33. The monoisotopic (exact) mass is 379 g/mol. The third kappa shape index (κ3) is 3.37. The summed E-state index contributed by atoms with van der Waals surface area (Å²) in [6.45, 7) is 4.22. The van der Waals surface area contributed by atoms with Crippen molar-refractivity contribution in [2.45, 2.75) is 39.2 Å². The molecule has 0 aliphatic heterocycles. The summed E-state index contributed by atoms with van der Waals surface area (Å²) in [5.41, 5.74) is 6.36. The molecule has 0 unspecified atom stereocenters. The van der Waals surface area contributed by atoms with Gasteiger partial charge in [0, 0.05) is 11.3 Å². The number of aryl methyl sites for hydroxylation is 2. The van der Waals surface area contributed by atoms with Crippen molar-refractivity contribution < 1.29 is 4.79 Å². The summed E-state index contributed by atoms with van der Waals surface area (Å²) >= 11 is 6.17. The van der Waals surface area contributed by atoms with Crippen LogP contribution in [0.2, 0.25) is 5.02 Å². The van der Waals surface area contributed by atoms with Gasteiger partial charge < -0.3 is 5.32 Å². The van der Waals surface area contributed by atoms with Gasteiger partial charge in [0.25, 0.3) is 5.91 Å². The fraction of sp³-hybridized carbons (Fsp3) is 0.273. The number of rotatable bonds is 3. The van der Waals surface area contributed by atoms with Gasteiger partial charge in [-0.05, 0) is 68.5 Å². The number of nitrogens with zero attached hydrogens (tertiary/aromatic N) is 2. The lowest BCUT2D eigenvalue weighted by molar-refractivity contribution is 0.0933. The molecule has 1 aliphatic rings. The van der Waals surface area contributed by atoms with Gasteiger partial charge in [-0.1, -0.05) is 29.8 Å². The molecule has 3 aromatic rings. The minimum atomic E-state index is -0.141. The van der Waals surface area contributed by atoms with E-state index in [4.69, 9.17) is 11.6 Å².